The minimum atomic E-state index is -0.453. The molecule has 4 N–H and O–H groups in total. The van der Waals surface area contributed by atoms with Crippen LogP contribution in [0.2, 0.25) is 0 Å². The fourth-order valence-electron chi connectivity index (χ4n) is 5.36. The normalized spacial score (nSPS) is 19.8. The van der Waals surface area contributed by atoms with E-state index in [1.54, 1.807) is 73.3 Å². The number of nitrogens with one attached hydrogen (secondary N) is 3. The third-order valence-electron chi connectivity index (χ3n) is 8.00. The molecule has 0 spiro atoms. The number of amides is 5. The van der Waals surface area contributed by atoms with Gasteiger partial charge in [0.15, 0.2) is 0 Å². The van der Waals surface area contributed by atoms with Crippen molar-refractivity contribution in [3.05, 3.63) is 48.0 Å². The van der Waals surface area contributed by atoms with Crippen LogP contribution in [0.3, 0.4) is 0 Å². The number of anilines is 2. The van der Waals surface area contributed by atoms with Gasteiger partial charge in [-0.3, -0.25) is 4.79 Å². The van der Waals surface area contributed by atoms with Gasteiger partial charge in [-0.05, 0) is 62.2 Å². The Kier molecular flexibility index (Phi) is 10.5. The Morgan fingerprint density at radius 2 is 1.79 bits per heavy atom. The van der Waals surface area contributed by atoms with E-state index in [1.165, 1.54) is 6.42 Å². The summed E-state index contributed by atoms with van der Waals surface area (Å²) in [6, 6.07) is 11.1. The van der Waals surface area contributed by atoms with Crippen LogP contribution in [-0.4, -0.2) is 84.9 Å². The molecule has 1 saturated carbocycles. The van der Waals surface area contributed by atoms with Gasteiger partial charge in [0, 0.05) is 36.9 Å². The highest BCUT2D eigenvalue weighted by Gasteiger charge is 2.34. The maximum Gasteiger partial charge on any atom is 0.321 e. The quantitative estimate of drug-likeness (QED) is 0.362. The van der Waals surface area contributed by atoms with E-state index < -0.39 is 12.1 Å². The number of aliphatic hydroxyl groups is 1. The highest BCUT2D eigenvalue weighted by atomic mass is 16.5. The maximum absolute atomic E-state index is 13.7. The molecule has 1 heterocycles. The summed E-state index contributed by atoms with van der Waals surface area (Å²) in [4.78, 5) is 42.5. The van der Waals surface area contributed by atoms with Gasteiger partial charge in [-0.2, -0.15) is 0 Å². The Hall–Kier alpha value is -3.99. The van der Waals surface area contributed by atoms with Gasteiger partial charge in [-0.25, -0.2) is 9.59 Å². The van der Waals surface area contributed by atoms with E-state index in [2.05, 4.69) is 16.0 Å². The Balaban J connectivity index is 1.51. The Bertz CT molecular complexity index is 1230. The second-order valence-corrected chi connectivity index (χ2v) is 11.3. The van der Waals surface area contributed by atoms with Crippen LogP contribution in [-0.2, 0) is 0 Å². The summed E-state index contributed by atoms with van der Waals surface area (Å²) in [6.07, 6.45) is 4.87. The number of fused-ring (bicyclic) bond motifs is 1. The first-order valence-electron chi connectivity index (χ1n) is 14.6. The van der Waals surface area contributed by atoms with Gasteiger partial charge < -0.3 is 40.3 Å². The molecule has 0 bridgehead atoms. The van der Waals surface area contributed by atoms with Crippen molar-refractivity contribution in [2.24, 2.45) is 5.92 Å². The first kappa shape index (κ1) is 31.0. The topological polar surface area (TPSA) is 132 Å². The summed E-state index contributed by atoms with van der Waals surface area (Å²) in [7, 11) is 3.27. The first-order chi connectivity index (χ1) is 20.2. The molecule has 11 heteroatoms. The summed E-state index contributed by atoms with van der Waals surface area (Å²) in [5, 5.41) is 18.7. The van der Waals surface area contributed by atoms with E-state index in [1.807, 2.05) is 6.92 Å². The van der Waals surface area contributed by atoms with Crippen molar-refractivity contribution >= 4 is 29.3 Å². The number of likely N-dealkylation sites (N-methyl/N-ethyl adjacent to an activating group) is 1. The van der Waals surface area contributed by atoms with Crippen LogP contribution in [0.4, 0.5) is 21.0 Å². The standard InChI is InChI=1S/C31H43N5O6/c1-20-17-36(21(2)19-37)29(38)26-16-24(33-30(39)32-22-8-6-5-7-9-22)12-15-27(26)42-28(20)18-35(3)31(40)34-23-10-13-25(41-4)14-11-23/h10-16,20-22,28,37H,5-9,17-19H2,1-4H3,(H,34,40)(H2,32,33,39)/t20-,21-,28-/m1/s1. The molecule has 42 heavy (non-hydrogen) atoms. The SMILES string of the molecule is COc1ccc(NC(=O)N(C)C[C@H]2Oc3ccc(NC(=O)NC4CCCCC4)cc3C(=O)N([C@H](C)CO)C[C@H]2C)cc1. The zero-order valence-electron chi connectivity index (χ0n) is 24.9. The summed E-state index contributed by atoms with van der Waals surface area (Å²) >= 11 is 0. The van der Waals surface area contributed by atoms with Gasteiger partial charge in [0.05, 0.1) is 31.9 Å². The predicted molar refractivity (Wildman–Crippen MR) is 161 cm³/mol. The van der Waals surface area contributed by atoms with Crippen molar-refractivity contribution in [3.63, 3.8) is 0 Å². The molecule has 228 valence electrons. The number of benzene rings is 2. The predicted octanol–water partition coefficient (Wildman–Crippen LogP) is 4.53. The maximum atomic E-state index is 13.7. The van der Waals surface area contributed by atoms with Gasteiger partial charge in [-0.15, -0.1) is 0 Å². The molecule has 5 amide bonds. The van der Waals surface area contributed by atoms with Gasteiger partial charge in [0.2, 0.25) is 0 Å². The smallest absolute Gasteiger partial charge is 0.321 e. The number of hydrogen-bond donors (Lipinski definition) is 4. The lowest BCUT2D eigenvalue weighted by Crippen LogP contribution is -2.50. The summed E-state index contributed by atoms with van der Waals surface area (Å²) < 4.78 is 11.6. The molecule has 2 aromatic rings. The number of hydrogen-bond acceptors (Lipinski definition) is 6. The average molecular weight is 582 g/mol. The van der Waals surface area contributed by atoms with E-state index in [0.29, 0.717) is 29.4 Å². The molecule has 1 aliphatic carbocycles. The van der Waals surface area contributed by atoms with Crippen LogP contribution in [0, 0.1) is 5.92 Å². The average Bonchev–Trinajstić information content (AvgIpc) is 2.99. The molecular weight excluding hydrogens is 538 g/mol. The fraction of sp³-hybridized carbons (Fsp3) is 0.516. The van der Waals surface area contributed by atoms with Crippen molar-refractivity contribution in [3.8, 4) is 11.5 Å². The number of carbonyl (C=O) groups is 3. The zero-order valence-corrected chi connectivity index (χ0v) is 24.9. The second kappa shape index (κ2) is 14.3. The number of ether oxygens (including phenoxy) is 2. The van der Waals surface area contributed by atoms with Crippen molar-refractivity contribution in [2.75, 3.05) is 44.5 Å². The van der Waals surface area contributed by atoms with Gasteiger partial charge in [-0.1, -0.05) is 26.2 Å². The zero-order chi connectivity index (χ0) is 30.2. The summed E-state index contributed by atoms with van der Waals surface area (Å²) in [5.41, 5.74) is 1.38. The van der Waals surface area contributed by atoms with Crippen LogP contribution in [0.5, 0.6) is 11.5 Å². The largest absolute Gasteiger partial charge is 0.497 e. The first-order valence-corrected chi connectivity index (χ1v) is 14.6. The molecular formula is C31H43N5O6. The molecule has 1 fully saturated rings. The van der Waals surface area contributed by atoms with E-state index in [0.717, 1.165) is 25.7 Å². The van der Waals surface area contributed by atoms with Crippen LogP contribution >= 0.6 is 0 Å². The third kappa shape index (κ3) is 7.84. The Morgan fingerprint density at radius 1 is 1.10 bits per heavy atom. The van der Waals surface area contributed by atoms with Crippen molar-refractivity contribution in [2.45, 2.75) is 64.1 Å². The van der Waals surface area contributed by atoms with Crippen molar-refractivity contribution < 1.29 is 29.0 Å². The molecule has 11 nitrogen and oxygen atoms in total. The van der Waals surface area contributed by atoms with Crippen LogP contribution in [0.25, 0.3) is 0 Å². The number of urea groups is 2. The van der Waals surface area contributed by atoms with E-state index in [4.69, 9.17) is 9.47 Å². The molecule has 0 unspecified atom stereocenters. The minimum Gasteiger partial charge on any atom is -0.497 e. The van der Waals surface area contributed by atoms with E-state index in [9.17, 15) is 19.5 Å². The number of methoxy groups -OCH3 is 1. The van der Waals surface area contributed by atoms with Crippen molar-refractivity contribution in [1.82, 2.24) is 15.1 Å². The molecule has 2 aliphatic rings. The van der Waals surface area contributed by atoms with Crippen LogP contribution in [0.1, 0.15) is 56.3 Å². The lowest BCUT2D eigenvalue weighted by atomic mass is 9.96. The highest BCUT2D eigenvalue weighted by molar-refractivity contribution is 5.99. The van der Waals surface area contributed by atoms with Gasteiger partial charge >= 0.3 is 12.1 Å². The lowest BCUT2D eigenvalue weighted by Gasteiger charge is -2.38. The van der Waals surface area contributed by atoms with Crippen molar-refractivity contribution in [1.29, 1.82) is 0 Å². The highest BCUT2D eigenvalue weighted by Crippen LogP contribution is 2.31. The second-order valence-electron chi connectivity index (χ2n) is 11.3. The Labute approximate surface area is 247 Å². The lowest BCUT2D eigenvalue weighted by molar-refractivity contribution is 0.0371. The van der Waals surface area contributed by atoms with E-state index in [-0.39, 0.29) is 48.6 Å². The molecule has 0 aromatic heterocycles. The summed E-state index contributed by atoms with van der Waals surface area (Å²) in [5.74, 6) is 0.593. The molecule has 4 rings (SSSR count). The molecule has 3 atom stereocenters. The molecule has 0 saturated heterocycles. The monoisotopic (exact) mass is 581 g/mol. The molecule has 0 radical (unpaired) electrons. The van der Waals surface area contributed by atoms with Gasteiger partial charge in [0.1, 0.15) is 17.6 Å². The third-order valence-corrected chi connectivity index (χ3v) is 8.00. The van der Waals surface area contributed by atoms with Crippen LogP contribution < -0.4 is 25.4 Å². The molecule has 2 aromatic carbocycles. The van der Waals surface area contributed by atoms with Gasteiger partial charge in [0.25, 0.3) is 5.91 Å². The number of carbonyl (C=O) groups excluding carboxylic acids is 3. The van der Waals surface area contributed by atoms with E-state index >= 15 is 0 Å². The number of aliphatic hydroxyl groups excluding tert-OH is 1. The summed E-state index contributed by atoms with van der Waals surface area (Å²) in [6.45, 7) is 4.11. The van der Waals surface area contributed by atoms with Crippen LogP contribution in [0.15, 0.2) is 42.5 Å². The number of rotatable bonds is 8. The fourth-order valence-corrected chi connectivity index (χ4v) is 5.36. The Morgan fingerprint density at radius 3 is 2.45 bits per heavy atom. The minimum absolute atomic E-state index is 0.148. The molecule has 1 aliphatic heterocycles. The number of nitrogens with zero attached hydrogens (tertiary/aromatic N) is 2.